The Morgan fingerprint density at radius 1 is 1.21 bits per heavy atom. The fourth-order valence-corrected chi connectivity index (χ4v) is 2.77. The maximum atomic E-state index is 12.2. The number of pyridine rings is 1. The zero-order valence-electron chi connectivity index (χ0n) is 13.1. The van der Waals surface area contributed by atoms with Crippen molar-refractivity contribution in [1.82, 2.24) is 14.7 Å². The average Bonchev–Trinajstić information content (AvgIpc) is 3.24. The number of nitrogens with one attached hydrogen (secondary N) is 1. The van der Waals surface area contributed by atoms with Gasteiger partial charge in [-0.2, -0.15) is 0 Å². The number of benzene rings is 1. The number of ether oxygens (including phenoxy) is 2. The summed E-state index contributed by atoms with van der Waals surface area (Å²) in [6, 6.07) is 11.2. The predicted molar refractivity (Wildman–Crippen MR) is 88.4 cm³/mol. The molecule has 4 rings (SSSR count). The van der Waals surface area contributed by atoms with Gasteiger partial charge in [-0.05, 0) is 36.8 Å². The lowest BCUT2D eigenvalue weighted by Crippen LogP contribution is -2.24. The van der Waals surface area contributed by atoms with Gasteiger partial charge >= 0.3 is 0 Å². The zero-order valence-corrected chi connectivity index (χ0v) is 13.1. The van der Waals surface area contributed by atoms with Crippen LogP contribution >= 0.6 is 0 Å². The summed E-state index contributed by atoms with van der Waals surface area (Å²) in [5.41, 5.74) is 1.66. The van der Waals surface area contributed by atoms with Gasteiger partial charge in [0.25, 0.3) is 5.91 Å². The second kappa shape index (κ2) is 6.23. The first kappa shape index (κ1) is 14.6. The number of rotatable bonds is 5. The van der Waals surface area contributed by atoms with Crippen molar-refractivity contribution < 1.29 is 14.3 Å². The van der Waals surface area contributed by atoms with Crippen molar-refractivity contribution in [3.05, 3.63) is 60.2 Å². The summed E-state index contributed by atoms with van der Waals surface area (Å²) < 4.78 is 12.6. The van der Waals surface area contributed by atoms with Crippen LogP contribution in [0.4, 0.5) is 0 Å². The fourth-order valence-electron chi connectivity index (χ4n) is 2.77. The van der Waals surface area contributed by atoms with Gasteiger partial charge in [-0.25, -0.2) is 4.98 Å². The van der Waals surface area contributed by atoms with Crippen LogP contribution in [-0.2, 0) is 6.42 Å². The van der Waals surface area contributed by atoms with Crippen LogP contribution in [0.25, 0.3) is 5.52 Å². The predicted octanol–water partition coefficient (Wildman–Crippen LogP) is 2.43. The summed E-state index contributed by atoms with van der Waals surface area (Å²) in [6.07, 6.45) is 5.49. The number of imidazole rings is 1. The normalized spacial score (nSPS) is 12.5. The second-order valence-corrected chi connectivity index (χ2v) is 5.60. The van der Waals surface area contributed by atoms with Crippen LogP contribution < -0.4 is 14.8 Å². The molecule has 0 atom stereocenters. The van der Waals surface area contributed by atoms with Crippen LogP contribution in [-0.4, -0.2) is 28.6 Å². The third kappa shape index (κ3) is 2.78. The quantitative estimate of drug-likeness (QED) is 0.733. The standard InChI is InChI=1S/C18H17N3O3/c22-18(13-6-7-15-16(10-13)24-12-23-15)19-8-3-5-17-20-11-14-4-1-2-9-21(14)17/h1-2,4,6-7,9-11H,3,5,8,12H2,(H,19,22). The van der Waals surface area contributed by atoms with Crippen LogP contribution in [0.5, 0.6) is 11.5 Å². The monoisotopic (exact) mass is 323 g/mol. The fraction of sp³-hybridized carbons (Fsp3) is 0.222. The number of hydrogen-bond acceptors (Lipinski definition) is 4. The van der Waals surface area contributed by atoms with E-state index in [9.17, 15) is 4.79 Å². The molecule has 0 bridgehead atoms. The summed E-state index contributed by atoms with van der Waals surface area (Å²) in [7, 11) is 0. The topological polar surface area (TPSA) is 64.9 Å². The molecule has 6 heteroatoms. The summed E-state index contributed by atoms with van der Waals surface area (Å²) in [6.45, 7) is 0.799. The Kier molecular flexibility index (Phi) is 3.78. The van der Waals surface area contributed by atoms with E-state index in [-0.39, 0.29) is 12.7 Å². The molecular formula is C18H17N3O3. The van der Waals surface area contributed by atoms with E-state index in [0.29, 0.717) is 23.6 Å². The van der Waals surface area contributed by atoms with Crippen LogP contribution in [0.1, 0.15) is 22.6 Å². The van der Waals surface area contributed by atoms with E-state index >= 15 is 0 Å². The average molecular weight is 323 g/mol. The SMILES string of the molecule is O=C(NCCCc1ncc2ccccn12)c1ccc2c(c1)OCO2. The van der Waals surface area contributed by atoms with Crippen LogP contribution in [0.15, 0.2) is 48.8 Å². The van der Waals surface area contributed by atoms with E-state index in [4.69, 9.17) is 9.47 Å². The minimum atomic E-state index is -0.110. The molecule has 0 saturated heterocycles. The van der Waals surface area contributed by atoms with Gasteiger partial charge in [0.1, 0.15) is 5.82 Å². The highest BCUT2D eigenvalue weighted by molar-refractivity contribution is 5.94. The Morgan fingerprint density at radius 3 is 3.08 bits per heavy atom. The lowest BCUT2D eigenvalue weighted by Gasteiger charge is -2.06. The molecule has 0 saturated carbocycles. The maximum absolute atomic E-state index is 12.2. The van der Waals surface area contributed by atoms with Crippen LogP contribution in [0, 0.1) is 0 Å². The molecule has 1 N–H and O–H groups in total. The van der Waals surface area contributed by atoms with Gasteiger partial charge in [0, 0.05) is 24.7 Å². The first-order valence-electron chi connectivity index (χ1n) is 7.90. The van der Waals surface area contributed by atoms with Crippen LogP contribution in [0.2, 0.25) is 0 Å². The van der Waals surface area contributed by atoms with Crippen LogP contribution in [0.3, 0.4) is 0 Å². The minimum Gasteiger partial charge on any atom is -0.454 e. The van der Waals surface area contributed by atoms with Gasteiger partial charge in [-0.3, -0.25) is 4.79 Å². The molecule has 0 spiro atoms. The lowest BCUT2D eigenvalue weighted by atomic mass is 10.2. The lowest BCUT2D eigenvalue weighted by molar-refractivity contribution is 0.0952. The Bertz CT molecular complexity index is 888. The Balaban J connectivity index is 1.32. The van der Waals surface area contributed by atoms with Crippen molar-refractivity contribution in [1.29, 1.82) is 0 Å². The number of carbonyl (C=O) groups is 1. The Hall–Kier alpha value is -3.02. The number of fused-ring (bicyclic) bond motifs is 2. The van der Waals surface area contributed by atoms with E-state index in [1.807, 2.05) is 30.6 Å². The van der Waals surface area contributed by atoms with Gasteiger partial charge in [0.15, 0.2) is 11.5 Å². The van der Waals surface area contributed by atoms with Gasteiger partial charge in [0.2, 0.25) is 6.79 Å². The molecule has 122 valence electrons. The molecule has 0 unspecified atom stereocenters. The summed E-state index contributed by atoms with van der Waals surface area (Å²) >= 11 is 0. The minimum absolute atomic E-state index is 0.110. The molecule has 1 aromatic carbocycles. The first-order chi connectivity index (χ1) is 11.8. The second-order valence-electron chi connectivity index (χ2n) is 5.60. The maximum Gasteiger partial charge on any atom is 0.251 e. The number of carbonyl (C=O) groups excluding carboxylic acids is 1. The van der Waals surface area contributed by atoms with E-state index in [0.717, 1.165) is 24.2 Å². The number of hydrogen-bond donors (Lipinski definition) is 1. The molecule has 1 aliphatic heterocycles. The van der Waals surface area contributed by atoms with Gasteiger partial charge < -0.3 is 19.2 Å². The van der Waals surface area contributed by atoms with E-state index in [1.165, 1.54) is 0 Å². The molecule has 1 amide bonds. The molecule has 0 aliphatic carbocycles. The first-order valence-corrected chi connectivity index (χ1v) is 7.90. The summed E-state index contributed by atoms with van der Waals surface area (Å²) in [4.78, 5) is 16.6. The Morgan fingerprint density at radius 2 is 2.12 bits per heavy atom. The zero-order chi connectivity index (χ0) is 16.4. The number of aryl methyl sites for hydroxylation is 1. The van der Waals surface area contributed by atoms with Gasteiger partial charge in [-0.1, -0.05) is 6.07 Å². The Labute approximate surface area is 139 Å². The molecule has 0 fully saturated rings. The number of amides is 1. The molecule has 3 aromatic rings. The van der Waals surface area contributed by atoms with E-state index < -0.39 is 0 Å². The highest BCUT2D eigenvalue weighted by atomic mass is 16.7. The third-order valence-corrected chi connectivity index (χ3v) is 4.01. The summed E-state index contributed by atoms with van der Waals surface area (Å²) in [5, 5.41) is 2.93. The molecule has 3 heterocycles. The molecular weight excluding hydrogens is 306 g/mol. The highest BCUT2D eigenvalue weighted by Crippen LogP contribution is 2.32. The highest BCUT2D eigenvalue weighted by Gasteiger charge is 2.15. The van der Waals surface area contributed by atoms with Crippen molar-refractivity contribution in [3.8, 4) is 11.5 Å². The third-order valence-electron chi connectivity index (χ3n) is 4.01. The van der Waals surface area contributed by atoms with Gasteiger partial charge in [0.05, 0.1) is 11.7 Å². The molecule has 1 aliphatic rings. The molecule has 24 heavy (non-hydrogen) atoms. The number of nitrogens with zero attached hydrogens (tertiary/aromatic N) is 2. The van der Waals surface area contributed by atoms with Gasteiger partial charge in [-0.15, -0.1) is 0 Å². The van der Waals surface area contributed by atoms with Crippen molar-refractivity contribution in [2.24, 2.45) is 0 Å². The largest absolute Gasteiger partial charge is 0.454 e. The van der Waals surface area contributed by atoms with E-state index in [1.54, 1.807) is 18.2 Å². The smallest absolute Gasteiger partial charge is 0.251 e. The van der Waals surface area contributed by atoms with Crippen molar-refractivity contribution in [2.75, 3.05) is 13.3 Å². The van der Waals surface area contributed by atoms with Crippen molar-refractivity contribution in [3.63, 3.8) is 0 Å². The van der Waals surface area contributed by atoms with Crippen molar-refractivity contribution >= 4 is 11.4 Å². The molecule has 0 radical (unpaired) electrons. The summed E-state index contributed by atoms with van der Waals surface area (Å²) in [5.74, 6) is 2.19. The molecule has 6 nitrogen and oxygen atoms in total. The van der Waals surface area contributed by atoms with Crippen molar-refractivity contribution in [2.45, 2.75) is 12.8 Å². The number of aromatic nitrogens is 2. The van der Waals surface area contributed by atoms with E-state index in [2.05, 4.69) is 14.7 Å². The molecule has 2 aromatic heterocycles.